The average molecular weight is 260 g/mol. The van der Waals surface area contributed by atoms with E-state index in [0.717, 1.165) is 12.3 Å². The monoisotopic (exact) mass is 260 g/mol. The summed E-state index contributed by atoms with van der Waals surface area (Å²) < 4.78 is 5.65. The molecule has 1 aromatic heterocycles. The second kappa shape index (κ2) is 4.90. The molecule has 4 atom stereocenters. The fraction of sp³-hybridized carbons (Fsp3) is 0.556. The Labute approximate surface area is 99.8 Å². The van der Waals surface area contributed by atoms with Gasteiger partial charge in [-0.25, -0.2) is 4.79 Å². The summed E-state index contributed by atoms with van der Waals surface area (Å²) in [4.78, 5) is 29.0. The van der Waals surface area contributed by atoms with Gasteiger partial charge < -0.3 is 24.9 Å². The third-order valence-electron chi connectivity index (χ3n) is 2.51. The van der Waals surface area contributed by atoms with Crippen molar-refractivity contribution in [1.82, 2.24) is 9.71 Å². The number of aliphatic hydroxyl groups excluding tert-OH is 3. The molecule has 0 radical (unpaired) electrons. The highest BCUT2D eigenvalue weighted by molar-refractivity contribution is 4.87. The molecule has 1 aliphatic rings. The van der Waals surface area contributed by atoms with E-state index >= 15 is 0 Å². The van der Waals surface area contributed by atoms with Gasteiger partial charge in [0.1, 0.15) is 18.3 Å². The van der Waals surface area contributed by atoms with Crippen molar-refractivity contribution in [2.45, 2.75) is 24.6 Å². The molecule has 0 saturated carbocycles. The Bertz CT molecular complexity index is 524. The lowest BCUT2D eigenvalue weighted by Gasteiger charge is -2.16. The number of aromatic amines is 1. The number of aromatic nitrogens is 2. The van der Waals surface area contributed by atoms with Crippen molar-refractivity contribution in [3.63, 3.8) is 0 Å². The Morgan fingerprint density at radius 2 is 2.11 bits per heavy atom. The molecule has 0 unspecified atom stereocenters. The first kappa shape index (κ1) is 12.8. The molecule has 0 amide bonds. The zero-order chi connectivity index (χ0) is 13.3. The topological polar surface area (TPSA) is 134 Å². The van der Waals surface area contributed by atoms with E-state index in [1.54, 1.807) is 0 Å². The van der Waals surface area contributed by atoms with Crippen LogP contribution in [0.25, 0.3) is 0 Å². The van der Waals surface area contributed by atoms with Gasteiger partial charge in [-0.1, -0.05) is 0 Å². The van der Waals surface area contributed by atoms with Crippen LogP contribution in [0.4, 0.5) is 0 Å². The number of H-pyrrole nitrogens is 1. The van der Waals surface area contributed by atoms with Crippen molar-refractivity contribution in [3.8, 4) is 0 Å². The van der Waals surface area contributed by atoms with E-state index < -0.39 is 42.5 Å². The van der Waals surface area contributed by atoms with Gasteiger partial charge in [0.2, 0.25) is 0 Å². The summed E-state index contributed by atoms with van der Waals surface area (Å²) in [6.07, 6.45) is -4.00. The van der Waals surface area contributed by atoms with Gasteiger partial charge in [0.15, 0.2) is 0 Å². The molecule has 2 heterocycles. The zero-order valence-corrected chi connectivity index (χ0v) is 9.09. The van der Waals surface area contributed by atoms with Gasteiger partial charge in [-0.15, -0.1) is 4.73 Å². The third kappa shape index (κ3) is 2.29. The van der Waals surface area contributed by atoms with Crippen LogP contribution < -0.4 is 16.1 Å². The molecule has 9 heteroatoms. The molecule has 0 aromatic carbocycles. The van der Waals surface area contributed by atoms with Crippen molar-refractivity contribution < 1.29 is 24.9 Å². The Hall–Kier alpha value is -1.68. The fourth-order valence-corrected chi connectivity index (χ4v) is 1.55. The lowest BCUT2D eigenvalue weighted by Crippen LogP contribution is -2.42. The average Bonchev–Trinajstić information content (AvgIpc) is 2.60. The second-order valence-corrected chi connectivity index (χ2v) is 3.75. The molecule has 100 valence electrons. The van der Waals surface area contributed by atoms with Crippen LogP contribution in [0.3, 0.4) is 0 Å². The van der Waals surface area contributed by atoms with Gasteiger partial charge >= 0.3 is 5.69 Å². The minimum absolute atomic E-state index is 0.501. The number of ether oxygens (including phenoxy) is 1. The van der Waals surface area contributed by atoms with E-state index in [2.05, 4.69) is 0 Å². The van der Waals surface area contributed by atoms with Gasteiger partial charge in [-0.2, -0.15) is 0 Å². The highest BCUT2D eigenvalue weighted by Crippen LogP contribution is 2.19. The van der Waals surface area contributed by atoms with Gasteiger partial charge in [-0.05, 0) is 0 Å². The summed E-state index contributed by atoms with van der Waals surface area (Å²) in [5.41, 5.74) is -1.44. The Balaban J connectivity index is 2.15. The predicted octanol–water partition coefficient (Wildman–Crippen LogP) is -3.60. The highest BCUT2D eigenvalue weighted by Gasteiger charge is 2.44. The normalized spacial score (nSPS) is 31.5. The summed E-state index contributed by atoms with van der Waals surface area (Å²) in [5, 5.41) is 27.9. The second-order valence-electron chi connectivity index (χ2n) is 3.75. The zero-order valence-electron chi connectivity index (χ0n) is 9.09. The summed E-state index contributed by atoms with van der Waals surface area (Å²) in [7, 11) is 0. The summed E-state index contributed by atoms with van der Waals surface area (Å²) in [6, 6.07) is 1.04. The van der Waals surface area contributed by atoms with Crippen LogP contribution in [-0.2, 0) is 4.74 Å². The first-order valence-electron chi connectivity index (χ1n) is 5.14. The lowest BCUT2D eigenvalue weighted by molar-refractivity contribution is -0.174. The van der Waals surface area contributed by atoms with E-state index in [-0.39, 0.29) is 0 Å². The molecule has 18 heavy (non-hydrogen) atoms. The number of nitrogens with zero attached hydrogens (tertiary/aromatic N) is 1. The van der Waals surface area contributed by atoms with Gasteiger partial charge in [0, 0.05) is 6.07 Å². The van der Waals surface area contributed by atoms with Crippen LogP contribution >= 0.6 is 0 Å². The van der Waals surface area contributed by atoms with Crippen molar-refractivity contribution in [2.75, 3.05) is 6.61 Å². The molecule has 0 aliphatic carbocycles. The molecular weight excluding hydrogens is 248 g/mol. The number of hydrogen-bond donors (Lipinski definition) is 4. The van der Waals surface area contributed by atoms with Crippen LogP contribution in [0.1, 0.15) is 0 Å². The van der Waals surface area contributed by atoms with E-state index in [1.807, 2.05) is 4.98 Å². The van der Waals surface area contributed by atoms with Gasteiger partial charge in [0.25, 0.3) is 11.8 Å². The summed E-state index contributed by atoms with van der Waals surface area (Å²) in [5.74, 6) is 0. The molecule has 4 N–H and O–H groups in total. The number of rotatable bonds is 3. The number of aliphatic hydroxyl groups is 3. The SMILES string of the molecule is O=c1ccn(O[C@@H]2O[C@H](CO)[C@@H](O)[C@H]2O)c(=O)[nH]1. The van der Waals surface area contributed by atoms with E-state index in [0.29, 0.717) is 4.73 Å². The van der Waals surface area contributed by atoms with Crippen molar-refractivity contribution in [3.05, 3.63) is 33.1 Å². The maximum atomic E-state index is 11.3. The van der Waals surface area contributed by atoms with Crippen LogP contribution in [0.2, 0.25) is 0 Å². The van der Waals surface area contributed by atoms with E-state index in [4.69, 9.17) is 14.7 Å². The quantitative estimate of drug-likeness (QED) is 0.441. The lowest BCUT2D eigenvalue weighted by atomic mass is 10.1. The maximum absolute atomic E-state index is 11.3. The fourth-order valence-electron chi connectivity index (χ4n) is 1.55. The van der Waals surface area contributed by atoms with Crippen molar-refractivity contribution in [2.24, 2.45) is 0 Å². The molecular formula is C9H12N2O7. The van der Waals surface area contributed by atoms with Gasteiger partial charge in [-0.3, -0.25) is 9.78 Å². The Kier molecular flexibility index (Phi) is 3.48. The first-order valence-corrected chi connectivity index (χ1v) is 5.14. The smallest absolute Gasteiger partial charge is 0.361 e. The third-order valence-corrected chi connectivity index (χ3v) is 2.51. The largest absolute Gasteiger partial charge is 0.394 e. The van der Waals surface area contributed by atoms with Crippen molar-refractivity contribution >= 4 is 0 Å². The number of nitrogens with one attached hydrogen (secondary N) is 1. The van der Waals surface area contributed by atoms with Gasteiger partial charge in [0.05, 0.1) is 12.8 Å². The Morgan fingerprint density at radius 1 is 1.39 bits per heavy atom. The maximum Gasteiger partial charge on any atom is 0.361 e. The van der Waals surface area contributed by atoms with Crippen LogP contribution in [0.15, 0.2) is 21.9 Å². The number of hydrogen-bond acceptors (Lipinski definition) is 7. The summed E-state index contributed by atoms with van der Waals surface area (Å²) >= 11 is 0. The molecule has 1 fully saturated rings. The Morgan fingerprint density at radius 3 is 2.67 bits per heavy atom. The minimum atomic E-state index is -1.42. The standard InChI is InChI=1S/C9H12N2O7/c12-3-4-6(14)7(15)8(17-4)18-11-2-1-5(13)10-9(11)16/h1-2,4,6-8,12,14-15H,3H2,(H,10,13,16)/t4-,6-,7-,8+/m1/s1. The molecule has 1 saturated heterocycles. The van der Waals surface area contributed by atoms with Crippen LogP contribution in [0.5, 0.6) is 0 Å². The van der Waals surface area contributed by atoms with Crippen molar-refractivity contribution in [1.29, 1.82) is 0 Å². The van der Waals surface area contributed by atoms with E-state index in [1.165, 1.54) is 0 Å². The molecule has 1 aliphatic heterocycles. The molecule has 1 aromatic rings. The van der Waals surface area contributed by atoms with Crippen LogP contribution in [-0.4, -0.2) is 56.2 Å². The van der Waals surface area contributed by atoms with Crippen LogP contribution in [0, 0.1) is 0 Å². The molecule has 9 nitrogen and oxygen atoms in total. The molecule has 0 bridgehead atoms. The summed E-state index contributed by atoms with van der Waals surface area (Å²) in [6.45, 7) is -0.501. The molecule has 0 spiro atoms. The predicted molar refractivity (Wildman–Crippen MR) is 55.7 cm³/mol. The van der Waals surface area contributed by atoms with E-state index in [9.17, 15) is 19.8 Å². The first-order chi connectivity index (χ1) is 8.52. The minimum Gasteiger partial charge on any atom is -0.394 e. The molecule has 2 rings (SSSR count). The highest BCUT2D eigenvalue weighted by atomic mass is 16.8.